The Hall–Kier alpha value is -0.806. The van der Waals surface area contributed by atoms with E-state index in [9.17, 15) is 0 Å². The Kier molecular flexibility index (Phi) is 8.20. The Morgan fingerprint density at radius 2 is 1.44 bits per heavy atom. The SMILES string of the molecule is C/C=C(\C)[Si](CCC)(Nc1ccccc1)[Si](C(C)C)(C(C)C)C(C)C. The van der Waals surface area contributed by atoms with Crippen LogP contribution in [0.5, 0.6) is 0 Å². The van der Waals surface area contributed by atoms with Gasteiger partial charge in [-0.25, -0.2) is 0 Å². The van der Waals surface area contributed by atoms with E-state index >= 15 is 0 Å². The third-order valence-electron chi connectivity index (χ3n) is 6.47. The van der Waals surface area contributed by atoms with Crippen LogP contribution in [-0.4, -0.2) is 15.3 Å². The molecule has 1 unspecified atom stereocenters. The molecule has 1 nitrogen and oxygen atoms in total. The van der Waals surface area contributed by atoms with E-state index in [4.69, 9.17) is 0 Å². The van der Waals surface area contributed by atoms with Crippen LogP contribution in [0, 0.1) is 0 Å². The van der Waals surface area contributed by atoms with Crippen LogP contribution in [0.3, 0.4) is 0 Å². The topological polar surface area (TPSA) is 12.0 Å². The van der Waals surface area contributed by atoms with Crippen molar-refractivity contribution in [2.45, 2.75) is 91.4 Å². The Morgan fingerprint density at radius 3 is 1.80 bits per heavy atom. The van der Waals surface area contributed by atoms with E-state index in [1.165, 1.54) is 18.2 Å². The highest BCUT2D eigenvalue weighted by Crippen LogP contribution is 2.51. The lowest BCUT2D eigenvalue weighted by Gasteiger charge is -2.57. The van der Waals surface area contributed by atoms with Crippen LogP contribution < -0.4 is 4.98 Å². The Bertz CT molecular complexity index is 527. The maximum absolute atomic E-state index is 4.26. The maximum atomic E-state index is 4.26. The first-order valence-electron chi connectivity index (χ1n) is 10.2. The number of hydrogen-bond acceptors (Lipinski definition) is 1. The average molecular weight is 376 g/mol. The highest BCUT2D eigenvalue weighted by atomic mass is 29.3. The number of nitrogens with one attached hydrogen (secondary N) is 1. The van der Waals surface area contributed by atoms with Crippen molar-refractivity contribution in [1.29, 1.82) is 0 Å². The predicted molar refractivity (Wildman–Crippen MR) is 121 cm³/mol. The van der Waals surface area contributed by atoms with Crippen molar-refractivity contribution in [3.63, 3.8) is 0 Å². The van der Waals surface area contributed by atoms with Gasteiger partial charge in [0.25, 0.3) is 0 Å². The number of anilines is 1. The molecule has 1 atom stereocenters. The van der Waals surface area contributed by atoms with E-state index in [1.54, 1.807) is 5.20 Å². The van der Waals surface area contributed by atoms with Gasteiger partial charge in [-0.2, -0.15) is 0 Å². The van der Waals surface area contributed by atoms with Crippen LogP contribution in [0.25, 0.3) is 0 Å². The third kappa shape index (κ3) is 3.98. The highest BCUT2D eigenvalue weighted by molar-refractivity contribution is 7.47. The molecule has 0 radical (unpaired) electrons. The summed E-state index contributed by atoms with van der Waals surface area (Å²) in [5.74, 6) is 0. The fourth-order valence-electron chi connectivity index (χ4n) is 5.89. The minimum Gasteiger partial charge on any atom is -0.409 e. The molecule has 0 bridgehead atoms. The van der Waals surface area contributed by atoms with Crippen molar-refractivity contribution in [2.24, 2.45) is 0 Å². The van der Waals surface area contributed by atoms with Gasteiger partial charge in [-0.15, -0.1) is 0 Å². The van der Waals surface area contributed by atoms with Crippen molar-refractivity contribution in [3.05, 3.63) is 41.6 Å². The second-order valence-electron chi connectivity index (χ2n) is 8.52. The monoisotopic (exact) mass is 375 g/mol. The molecule has 0 saturated carbocycles. The summed E-state index contributed by atoms with van der Waals surface area (Å²) < 4.78 is 0. The second kappa shape index (κ2) is 9.22. The fraction of sp³-hybridized carbons (Fsp3) is 0.636. The number of allylic oxidation sites excluding steroid dienone is 2. The number of para-hydroxylation sites is 1. The van der Waals surface area contributed by atoms with Gasteiger partial charge in [0, 0.05) is 5.69 Å². The van der Waals surface area contributed by atoms with Gasteiger partial charge >= 0.3 is 0 Å². The van der Waals surface area contributed by atoms with Crippen molar-refractivity contribution >= 4 is 21.0 Å². The fourth-order valence-corrected chi connectivity index (χ4v) is 31.3. The predicted octanol–water partition coefficient (Wildman–Crippen LogP) is 7.72. The molecule has 0 saturated heterocycles. The van der Waals surface area contributed by atoms with Crippen molar-refractivity contribution in [2.75, 3.05) is 4.98 Å². The Balaban J connectivity index is 3.77. The number of hydrogen-bond donors (Lipinski definition) is 1. The molecule has 0 aliphatic rings. The van der Waals surface area contributed by atoms with Crippen LogP contribution in [0.2, 0.25) is 22.7 Å². The Labute approximate surface area is 159 Å². The molecule has 0 aromatic heterocycles. The smallest absolute Gasteiger partial charge is 0.169 e. The zero-order valence-corrected chi connectivity index (χ0v) is 20.1. The molecule has 1 rings (SSSR count). The van der Waals surface area contributed by atoms with Gasteiger partial charge in [-0.05, 0) is 32.0 Å². The van der Waals surface area contributed by atoms with Crippen LogP contribution in [0.4, 0.5) is 5.69 Å². The van der Waals surface area contributed by atoms with Gasteiger partial charge in [-0.3, -0.25) is 0 Å². The molecular weight excluding hydrogens is 334 g/mol. The molecule has 1 N–H and O–H groups in total. The van der Waals surface area contributed by atoms with E-state index in [0.29, 0.717) is 0 Å². The first-order valence-corrected chi connectivity index (χ1v) is 15.6. The molecule has 0 spiro atoms. The lowest BCUT2D eigenvalue weighted by atomic mass is 10.3. The molecule has 0 heterocycles. The van der Waals surface area contributed by atoms with E-state index in [-0.39, 0.29) is 0 Å². The van der Waals surface area contributed by atoms with Crippen LogP contribution in [-0.2, 0) is 0 Å². The summed E-state index contributed by atoms with van der Waals surface area (Å²) in [6.45, 7) is 22.1. The molecule has 3 heteroatoms. The standard InChI is InChI=1S/C22H41NSi2/c1-10-17-24(21(9)11-2,23-22-15-13-12-14-16-22)25(18(3)4,19(5)6)20(7)8/h11-16,18-20,23H,10,17H2,1-9H3/b21-11+. The molecule has 1 aromatic carbocycles. The molecule has 0 aliphatic heterocycles. The summed E-state index contributed by atoms with van der Waals surface area (Å²) in [4.78, 5) is 4.26. The maximum Gasteiger partial charge on any atom is 0.169 e. The lowest BCUT2D eigenvalue weighted by molar-refractivity contribution is 0.836. The van der Waals surface area contributed by atoms with Crippen molar-refractivity contribution in [3.8, 4) is 0 Å². The van der Waals surface area contributed by atoms with Gasteiger partial charge in [-0.1, -0.05) is 101 Å². The number of benzene rings is 1. The summed E-state index contributed by atoms with van der Waals surface area (Å²) in [5, 5.41) is 1.67. The van der Waals surface area contributed by atoms with Crippen LogP contribution in [0.15, 0.2) is 41.6 Å². The Morgan fingerprint density at radius 1 is 0.960 bits per heavy atom. The van der Waals surface area contributed by atoms with Crippen LogP contribution >= 0.6 is 0 Å². The summed E-state index contributed by atoms with van der Waals surface area (Å²) >= 11 is 0. The highest BCUT2D eigenvalue weighted by Gasteiger charge is 2.60. The minimum atomic E-state index is -1.86. The summed E-state index contributed by atoms with van der Waals surface area (Å²) in [5.41, 5.74) is 3.65. The third-order valence-corrected chi connectivity index (χ3v) is 29.2. The van der Waals surface area contributed by atoms with E-state index < -0.39 is 15.3 Å². The zero-order valence-electron chi connectivity index (χ0n) is 18.1. The lowest BCUT2D eigenvalue weighted by Crippen LogP contribution is -2.73. The average Bonchev–Trinajstić information content (AvgIpc) is 2.54. The minimum absolute atomic E-state index is 0.775. The molecule has 25 heavy (non-hydrogen) atoms. The summed E-state index contributed by atoms with van der Waals surface area (Å²) in [6.07, 6.45) is 3.69. The van der Waals surface area contributed by atoms with Gasteiger partial charge in [0.15, 0.2) is 7.75 Å². The van der Waals surface area contributed by atoms with Gasteiger partial charge < -0.3 is 4.98 Å². The van der Waals surface area contributed by atoms with Crippen molar-refractivity contribution < 1.29 is 0 Å². The molecular formula is C22H41NSi2. The molecule has 1 aromatic rings. The molecule has 0 fully saturated rings. The van der Waals surface area contributed by atoms with Crippen molar-refractivity contribution in [1.82, 2.24) is 0 Å². The normalized spacial score (nSPS) is 15.8. The van der Waals surface area contributed by atoms with E-state index in [1.807, 2.05) is 0 Å². The first kappa shape index (κ1) is 22.2. The molecule has 0 aliphatic carbocycles. The van der Waals surface area contributed by atoms with E-state index in [0.717, 1.165) is 16.6 Å². The first-order chi connectivity index (χ1) is 11.7. The van der Waals surface area contributed by atoms with Crippen LogP contribution in [0.1, 0.15) is 68.7 Å². The zero-order chi connectivity index (χ0) is 19.3. The second-order valence-corrected chi connectivity index (χ2v) is 22.4. The number of rotatable bonds is 9. The van der Waals surface area contributed by atoms with Gasteiger partial charge in [0.1, 0.15) is 0 Å². The van der Waals surface area contributed by atoms with Gasteiger partial charge in [0.2, 0.25) is 0 Å². The molecule has 142 valence electrons. The summed E-state index contributed by atoms with van der Waals surface area (Å²) in [7, 11) is -3.49. The quantitative estimate of drug-likeness (QED) is 0.436. The van der Waals surface area contributed by atoms with Gasteiger partial charge in [0.05, 0.1) is 7.59 Å². The largest absolute Gasteiger partial charge is 0.409 e. The summed E-state index contributed by atoms with van der Waals surface area (Å²) in [6, 6.07) is 12.3. The molecule has 0 amide bonds. The van der Waals surface area contributed by atoms with E-state index in [2.05, 4.69) is 104 Å².